The molecule has 3 heterocycles. The van der Waals surface area contributed by atoms with Crippen LogP contribution in [-0.2, 0) is 4.74 Å². The molecular formula is C26H31N6O. The lowest BCUT2D eigenvalue weighted by Gasteiger charge is -2.26. The number of fused-ring (bicyclic) bond motifs is 1. The summed E-state index contributed by atoms with van der Waals surface area (Å²) >= 11 is 0. The molecule has 4 rings (SSSR count). The Hall–Kier alpha value is -3.54. The van der Waals surface area contributed by atoms with E-state index in [1.54, 1.807) is 0 Å². The molecule has 0 saturated carbocycles. The number of benzene rings is 1. The van der Waals surface area contributed by atoms with Gasteiger partial charge >= 0.3 is 0 Å². The number of ether oxygens (including phenoxy) is 1. The highest BCUT2D eigenvalue weighted by atomic mass is 16.5. The van der Waals surface area contributed by atoms with Crippen LogP contribution in [0.2, 0.25) is 0 Å². The Morgan fingerprint density at radius 3 is 2.85 bits per heavy atom. The summed E-state index contributed by atoms with van der Waals surface area (Å²) in [5, 5.41) is 9.41. The predicted octanol–water partition coefficient (Wildman–Crippen LogP) is 4.29. The minimum absolute atomic E-state index is 0.655. The highest BCUT2D eigenvalue weighted by Gasteiger charge is 2.18. The standard InChI is InChI=1S/C26H31N6O/c1-4-6-11-31(10-5-2)26-18-23(28-27-20-22-9-7-8-21(3)16-22)17-24-19-25(29-32(24)26)30-12-14-33-15-13-30/h1,6-9,16-20,28H,5,10-15H2,2-3H3/b27-20+. The smallest absolute Gasteiger partial charge is 0.151 e. The van der Waals surface area contributed by atoms with Gasteiger partial charge in [0.05, 0.1) is 30.6 Å². The van der Waals surface area contributed by atoms with Gasteiger partial charge in [0.1, 0.15) is 5.82 Å². The third-order valence-corrected chi connectivity index (χ3v) is 5.56. The van der Waals surface area contributed by atoms with Crippen molar-refractivity contribution in [2.24, 2.45) is 5.10 Å². The summed E-state index contributed by atoms with van der Waals surface area (Å²) in [6.45, 7) is 14.4. The molecule has 1 aliphatic rings. The van der Waals surface area contributed by atoms with Crippen LogP contribution in [0.3, 0.4) is 0 Å². The van der Waals surface area contributed by atoms with Crippen LogP contribution in [0.1, 0.15) is 24.5 Å². The zero-order valence-electron chi connectivity index (χ0n) is 19.4. The summed E-state index contributed by atoms with van der Waals surface area (Å²) in [4.78, 5) is 4.51. The Kier molecular flexibility index (Phi) is 7.45. The molecular weight excluding hydrogens is 412 g/mol. The third-order valence-electron chi connectivity index (χ3n) is 5.56. The maximum Gasteiger partial charge on any atom is 0.151 e. The van der Waals surface area contributed by atoms with Crippen LogP contribution >= 0.6 is 0 Å². The number of hydrogen-bond acceptors (Lipinski definition) is 6. The van der Waals surface area contributed by atoms with E-state index < -0.39 is 0 Å². The fraction of sp³-hybridized carbons (Fsp3) is 0.346. The second-order valence-electron chi connectivity index (χ2n) is 8.14. The maximum absolute atomic E-state index is 5.52. The Labute approximate surface area is 195 Å². The topological polar surface area (TPSA) is 57.4 Å². The van der Waals surface area contributed by atoms with Crippen molar-refractivity contribution in [3.8, 4) is 0 Å². The lowest BCUT2D eigenvalue weighted by Crippen LogP contribution is -2.36. The fourth-order valence-corrected chi connectivity index (χ4v) is 3.97. The highest BCUT2D eigenvalue weighted by Crippen LogP contribution is 2.27. The molecule has 1 N–H and O–H groups in total. The number of aromatic nitrogens is 2. The van der Waals surface area contributed by atoms with Crippen molar-refractivity contribution in [3.63, 3.8) is 0 Å². The van der Waals surface area contributed by atoms with Crippen molar-refractivity contribution in [3.05, 3.63) is 72.0 Å². The van der Waals surface area contributed by atoms with Crippen molar-refractivity contribution in [2.45, 2.75) is 20.3 Å². The van der Waals surface area contributed by atoms with E-state index >= 15 is 0 Å². The summed E-state index contributed by atoms with van der Waals surface area (Å²) in [7, 11) is 0. The molecule has 7 nitrogen and oxygen atoms in total. The quantitative estimate of drug-likeness (QED) is 0.304. The van der Waals surface area contributed by atoms with E-state index in [1.807, 2.05) is 28.9 Å². The van der Waals surface area contributed by atoms with Crippen LogP contribution in [0.4, 0.5) is 17.3 Å². The predicted molar refractivity (Wildman–Crippen MR) is 136 cm³/mol. The molecule has 1 fully saturated rings. The second-order valence-corrected chi connectivity index (χ2v) is 8.14. The first-order chi connectivity index (χ1) is 16.2. The number of anilines is 3. The molecule has 0 unspecified atom stereocenters. The average Bonchev–Trinajstić information content (AvgIpc) is 3.26. The molecule has 171 valence electrons. The maximum atomic E-state index is 5.52. The SMILES string of the molecule is [CH]=C=CCN(CCC)c1cc(N/N=C/c2cccc(C)c2)cc2cc(N3CCOCC3)nn12. The number of morpholine rings is 1. The van der Waals surface area contributed by atoms with E-state index in [9.17, 15) is 0 Å². The zero-order chi connectivity index (χ0) is 23.0. The normalized spacial score (nSPS) is 13.9. The van der Waals surface area contributed by atoms with Crippen molar-refractivity contribution < 1.29 is 4.74 Å². The first kappa shape index (κ1) is 22.6. The van der Waals surface area contributed by atoms with Gasteiger partial charge in [0.2, 0.25) is 0 Å². The van der Waals surface area contributed by atoms with E-state index in [4.69, 9.17) is 16.4 Å². The Balaban J connectivity index is 1.69. The Morgan fingerprint density at radius 1 is 1.24 bits per heavy atom. The van der Waals surface area contributed by atoms with E-state index in [2.05, 4.69) is 70.2 Å². The molecule has 1 saturated heterocycles. The van der Waals surface area contributed by atoms with Gasteiger partial charge < -0.3 is 14.5 Å². The van der Waals surface area contributed by atoms with Gasteiger partial charge in [-0.2, -0.15) is 5.10 Å². The van der Waals surface area contributed by atoms with Gasteiger partial charge in [-0.3, -0.25) is 5.43 Å². The van der Waals surface area contributed by atoms with Crippen molar-refractivity contribution in [1.29, 1.82) is 0 Å². The summed E-state index contributed by atoms with van der Waals surface area (Å²) in [5.41, 5.74) is 10.0. The van der Waals surface area contributed by atoms with Crippen LogP contribution in [-0.4, -0.2) is 55.2 Å². The summed E-state index contributed by atoms with van der Waals surface area (Å²) in [5.74, 6) is 1.94. The van der Waals surface area contributed by atoms with E-state index in [0.29, 0.717) is 6.54 Å². The number of nitrogens with zero attached hydrogens (tertiary/aromatic N) is 5. The monoisotopic (exact) mass is 443 g/mol. The lowest BCUT2D eigenvalue weighted by molar-refractivity contribution is 0.122. The van der Waals surface area contributed by atoms with Gasteiger partial charge in [-0.25, -0.2) is 4.52 Å². The fourth-order valence-electron chi connectivity index (χ4n) is 3.97. The second kappa shape index (κ2) is 10.9. The number of aryl methyl sites for hydroxylation is 1. The molecule has 3 aromatic rings. The van der Waals surface area contributed by atoms with E-state index in [-0.39, 0.29) is 0 Å². The molecule has 7 heteroatoms. The third kappa shape index (κ3) is 5.64. The number of hydrazone groups is 1. The van der Waals surface area contributed by atoms with Gasteiger partial charge in [-0.05, 0) is 37.6 Å². The first-order valence-electron chi connectivity index (χ1n) is 11.4. The van der Waals surface area contributed by atoms with Gasteiger partial charge in [0, 0.05) is 38.3 Å². The number of nitrogens with one attached hydrogen (secondary N) is 1. The zero-order valence-corrected chi connectivity index (χ0v) is 19.4. The van der Waals surface area contributed by atoms with Crippen LogP contribution in [0.15, 0.2) is 59.4 Å². The largest absolute Gasteiger partial charge is 0.378 e. The number of rotatable bonds is 9. The van der Waals surface area contributed by atoms with Crippen LogP contribution in [0.5, 0.6) is 0 Å². The molecule has 1 aliphatic heterocycles. The molecule has 0 spiro atoms. The van der Waals surface area contributed by atoms with Gasteiger partial charge in [-0.1, -0.05) is 36.8 Å². The van der Waals surface area contributed by atoms with Gasteiger partial charge in [0.15, 0.2) is 5.82 Å². The molecule has 0 amide bonds. The molecule has 0 bridgehead atoms. The van der Waals surface area contributed by atoms with E-state index in [0.717, 1.165) is 67.7 Å². The molecule has 0 atom stereocenters. The Bertz CT molecular complexity index is 1150. The van der Waals surface area contributed by atoms with Crippen molar-refractivity contribution in [1.82, 2.24) is 9.61 Å². The van der Waals surface area contributed by atoms with Gasteiger partial charge in [-0.15, -0.1) is 10.8 Å². The van der Waals surface area contributed by atoms with Crippen molar-refractivity contribution in [2.75, 3.05) is 54.6 Å². The average molecular weight is 444 g/mol. The molecule has 1 aromatic carbocycles. The minimum Gasteiger partial charge on any atom is -0.378 e. The van der Waals surface area contributed by atoms with Crippen LogP contribution < -0.4 is 15.2 Å². The number of pyridine rings is 1. The van der Waals surface area contributed by atoms with Crippen LogP contribution in [0.25, 0.3) is 5.52 Å². The molecule has 33 heavy (non-hydrogen) atoms. The molecule has 2 aromatic heterocycles. The van der Waals surface area contributed by atoms with Crippen LogP contribution in [0, 0.1) is 13.5 Å². The highest BCUT2D eigenvalue weighted by molar-refractivity contribution is 5.80. The summed E-state index contributed by atoms with van der Waals surface area (Å²) < 4.78 is 7.51. The Morgan fingerprint density at radius 2 is 2.09 bits per heavy atom. The number of hydrogen-bond donors (Lipinski definition) is 1. The summed E-state index contributed by atoms with van der Waals surface area (Å²) in [6.07, 6.45) is 4.67. The molecule has 1 radical (unpaired) electrons. The summed E-state index contributed by atoms with van der Waals surface area (Å²) in [6, 6.07) is 14.5. The lowest BCUT2D eigenvalue weighted by atomic mass is 10.2. The minimum atomic E-state index is 0.655. The van der Waals surface area contributed by atoms with Gasteiger partial charge in [0.25, 0.3) is 0 Å². The van der Waals surface area contributed by atoms with E-state index in [1.165, 1.54) is 5.56 Å². The first-order valence-corrected chi connectivity index (χ1v) is 11.4. The molecule has 0 aliphatic carbocycles. The van der Waals surface area contributed by atoms with Crippen molar-refractivity contribution >= 4 is 29.1 Å².